The first kappa shape index (κ1) is 19.8. The standard InChI is InChI=1S/C24H28N2O3/c1-25(24(29)12-17-7-8-19-13-22(28)14-20(19)11-17)23(18-5-3-2-4-6-18)16-26-10-9-21(27)15-26/h2-8,11,21,23,27H,9-10,12-16H2,1H3/t21-,23+/m0/s1. The van der Waals surface area contributed by atoms with Crippen LogP contribution >= 0.6 is 0 Å². The molecule has 1 amide bonds. The van der Waals surface area contributed by atoms with Gasteiger partial charge in [0.1, 0.15) is 5.78 Å². The van der Waals surface area contributed by atoms with E-state index in [4.69, 9.17) is 0 Å². The van der Waals surface area contributed by atoms with E-state index in [1.807, 2.05) is 48.3 Å². The maximum atomic E-state index is 13.1. The van der Waals surface area contributed by atoms with Gasteiger partial charge in [0.25, 0.3) is 0 Å². The second-order valence-corrected chi connectivity index (χ2v) is 8.31. The number of nitrogens with zero attached hydrogens (tertiary/aromatic N) is 2. The highest BCUT2D eigenvalue weighted by atomic mass is 16.3. The van der Waals surface area contributed by atoms with Crippen molar-refractivity contribution in [2.75, 3.05) is 26.7 Å². The second-order valence-electron chi connectivity index (χ2n) is 8.31. The van der Waals surface area contributed by atoms with E-state index in [1.165, 1.54) is 0 Å². The van der Waals surface area contributed by atoms with E-state index in [1.54, 1.807) is 0 Å². The predicted molar refractivity (Wildman–Crippen MR) is 112 cm³/mol. The summed E-state index contributed by atoms with van der Waals surface area (Å²) in [6.07, 6.45) is 1.83. The number of likely N-dealkylation sites (N-methyl/N-ethyl adjacent to an activating group) is 1. The molecule has 0 radical (unpaired) electrons. The first-order chi connectivity index (χ1) is 14.0. The van der Waals surface area contributed by atoms with Crippen LogP contribution in [0.5, 0.6) is 0 Å². The number of fused-ring (bicyclic) bond motifs is 1. The van der Waals surface area contributed by atoms with Gasteiger partial charge in [0.15, 0.2) is 0 Å². The molecule has 152 valence electrons. The number of hydrogen-bond donors (Lipinski definition) is 1. The van der Waals surface area contributed by atoms with Crippen LogP contribution in [0.25, 0.3) is 0 Å². The third-order valence-corrected chi connectivity index (χ3v) is 6.13. The maximum Gasteiger partial charge on any atom is 0.227 e. The number of benzene rings is 2. The van der Waals surface area contributed by atoms with Gasteiger partial charge in [0, 0.05) is 39.5 Å². The van der Waals surface area contributed by atoms with Crippen molar-refractivity contribution in [2.45, 2.75) is 37.8 Å². The van der Waals surface area contributed by atoms with Gasteiger partial charge in [-0.3, -0.25) is 14.5 Å². The first-order valence-electron chi connectivity index (χ1n) is 10.3. The summed E-state index contributed by atoms with van der Waals surface area (Å²) in [6.45, 7) is 2.22. The molecule has 29 heavy (non-hydrogen) atoms. The van der Waals surface area contributed by atoms with Gasteiger partial charge in [-0.1, -0.05) is 48.5 Å². The van der Waals surface area contributed by atoms with Crippen LogP contribution in [0.2, 0.25) is 0 Å². The molecule has 2 aromatic rings. The summed E-state index contributed by atoms with van der Waals surface area (Å²) in [5.41, 5.74) is 4.21. The largest absolute Gasteiger partial charge is 0.392 e. The van der Waals surface area contributed by atoms with Gasteiger partial charge in [-0.15, -0.1) is 0 Å². The lowest BCUT2D eigenvalue weighted by atomic mass is 10.0. The Balaban J connectivity index is 1.49. The minimum atomic E-state index is -0.276. The monoisotopic (exact) mass is 392 g/mol. The molecule has 2 aliphatic rings. The number of carbonyl (C=O) groups excluding carboxylic acids is 2. The van der Waals surface area contributed by atoms with Crippen LogP contribution in [0, 0.1) is 0 Å². The van der Waals surface area contributed by atoms with Gasteiger partial charge in [-0.05, 0) is 28.7 Å². The Morgan fingerprint density at radius 2 is 1.93 bits per heavy atom. The molecule has 0 saturated carbocycles. The molecule has 1 aliphatic heterocycles. The molecule has 0 bridgehead atoms. The van der Waals surface area contributed by atoms with Crippen LogP contribution in [0.3, 0.4) is 0 Å². The number of β-amino-alcohol motifs (C(OH)–C–C–N with tert-alkyl or cyclic N) is 1. The number of ketones is 1. The van der Waals surface area contributed by atoms with Crippen molar-refractivity contribution in [3.63, 3.8) is 0 Å². The van der Waals surface area contributed by atoms with E-state index in [0.29, 0.717) is 32.4 Å². The Labute approximate surface area is 171 Å². The molecule has 4 rings (SSSR count). The molecule has 0 unspecified atom stereocenters. The molecule has 1 aliphatic carbocycles. The van der Waals surface area contributed by atoms with E-state index in [9.17, 15) is 14.7 Å². The zero-order valence-electron chi connectivity index (χ0n) is 16.9. The molecule has 0 aromatic heterocycles. The Hall–Kier alpha value is -2.50. The first-order valence-corrected chi connectivity index (χ1v) is 10.3. The fraction of sp³-hybridized carbons (Fsp3) is 0.417. The van der Waals surface area contributed by atoms with Crippen LogP contribution in [0.4, 0.5) is 0 Å². The SMILES string of the molecule is CN(C(=O)Cc1ccc2c(c1)CC(=O)C2)[C@H](CN1CC[C@H](O)C1)c1ccccc1. The molecule has 1 N–H and O–H groups in total. The summed E-state index contributed by atoms with van der Waals surface area (Å²) < 4.78 is 0. The summed E-state index contributed by atoms with van der Waals surface area (Å²) in [5.74, 6) is 0.306. The second kappa shape index (κ2) is 8.47. The molecule has 1 saturated heterocycles. The van der Waals surface area contributed by atoms with Gasteiger partial charge in [-0.2, -0.15) is 0 Å². The van der Waals surface area contributed by atoms with Crippen LogP contribution in [0.1, 0.15) is 34.7 Å². The van der Waals surface area contributed by atoms with Crippen LogP contribution in [-0.2, 0) is 28.9 Å². The molecule has 5 nitrogen and oxygen atoms in total. The van der Waals surface area contributed by atoms with Crippen LogP contribution < -0.4 is 0 Å². The predicted octanol–water partition coefficient (Wildman–Crippen LogP) is 2.16. The smallest absolute Gasteiger partial charge is 0.227 e. The van der Waals surface area contributed by atoms with Crippen molar-refractivity contribution in [3.8, 4) is 0 Å². The Morgan fingerprint density at radius 3 is 2.66 bits per heavy atom. The summed E-state index contributed by atoms with van der Waals surface area (Å²) in [6, 6.07) is 16.0. The molecular weight excluding hydrogens is 364 g/mol. The highest BCUT2D eigenvalue weighted by Gasteiger charge is 2.28. The number of amides is 1. The third-order valence-electron chi connectivity index (χ3n) is 6.13. The van der Waals surface area contributed by atoms with Crippen molar-refractivity contribution in [1.29, 1.82) is 0 Å². The topological polar surface area (TPSA) is 60.9 Å². The molecule has 2 atom stereocenters. The van der Waals surface area contributed by atoms with Crippen LogP contribution in [-0.4, -0.2) is 59.4 Å². The number of rotatable bonds is 6. The normalized spacial score (nSPS) is 19.9. The number of hydrogen-bond acceptors (Lipinski definition) is 4. The van der Waals surface area contributed by atoms with E-state index < -0.39 is 0 Å². The van der Waals surface area contributed by atoms with Gasteiger partial charge in [0.2, 0.25) is 5.91 Å². The molecule has 1 fully saturated rings. The van der Waals surface area contributed by atoms with Gasteiger partial charge in [-0.25, -0.2) is 0 Å². The zero-order chi connectivity index (χ0) is 20.4. The van der Waals surface area contributed by atoms with Crippen molar-refractivity contribution >= 4 is 11.7 Å². The Kier molecular flexibility index (Phi) is 5.79. The molecule has 0 spiro atoms. The highest BCUT2D eigenvalue weighted by Crippen LogP contribution is 2.25. The lowest BCUT2D eigenvalue weighted by Crippen LogP contribution is -2.39. The van der Waals surface area contributed by atoms with Crippen LogP contribution in [0.15, 0.2) is 48.5 Å². The fourth-order valence-corrected chi connectivity index (χ4v) is 4.44. The number of likely N-dealkylation sites (tertiary alicyclic amines) is 1. The summed E-state index contributed by atoms with van der Waals surface area (Å²) in [5, 5.41) is 9.88. The van der Waals surface area contributed by atoms with Crippen molar-refractivity contribution in [3.05, 3.63) is 70.8 Å². The van der Waals surface area contributed by atoms with Gasteiger partial charge >= 0.3 is 0 Å². The quantitative estimate of drug-likeness (QED) is 0.819. The fourth-order valence-electron chi connectivity index (χ4n) is 4.44. The highest BCUT2D eigenvalue weighted by molar-refractivity contribution is 5.88. The number of aliphatic hydroxyl groups is 1. The van der Waals surface area contributed by atoms with Crippen molar-refractivity contribution < 1.29 is 14.7 Å². The lowest BCUT2D eigenvalue weighted by molar-refractivity contribution is -0.131. The van der Waals surface area contributed by atoms with E-state index >= 15 is 0 Å². The minimum absolute atomic E-state index is 0.0582. The van der Waals surface area contributed by atoms with Gasteiger partial charge < -0.3 is 10.0 Å². The Bertz CT molecular complexity index is 896. The maximum absolute atomic E-state index is 13.1. The Morgan fingerprint density at radius 1 is 1.17 bits per heavy atom. The molecule has 2 aromatic carbocycles. The molecule has 1 heterocycles. The average Bonchev–Trinajstić information content (AvgIpc) is 3.30. The third kappa shape index (κ3) is 4.57. The zero-order valence-corrected chi connectivity index (χ0v) is 16.9. The summed E-state index contributed by atoms with van der Waals surface area (Å²) in [7, 11) is 1.86. The molecule has 5 heteroatoms. The number of carbonyl (C=O) groups is 2. The number of Topliss-reactive ketones (excluding diaryl/α,β-unsaturated/α-hetero) is 1. The average molecular weight is 392 g/mol. The van der Waals surface area contributed by atoms with E-state index in [-0.39, 0.29) is 23.8 Å². The van der Waals surface area contributed by atoms with Crippen molar-refractivity contribution in [1.82, 2.24) is 9.80 Å². The molecular formula is C24H28N2O3. The number of aliphatic hydroxyl groups excluding tert-OH is 1. The minimum Gasteiger partial charge on any atom is -0.392 e. The van der Waals surface area contributed by atoms with Crippen molar-refractivity contribution in [2.24, 2.45) is 0 Å². The summed E-state index contributed by atoms with van der Waals surface area (Å²) in [4.78, 5) is 28.9. The van der Waals surface area contributed by atoms with Gasteiger partial charge in [0.05, 0.1) is 18.6 Å². The summed E-state index contributed by atoms with van der Waals surface area (Å²) >= 11 is 0. The lowest BCUT2D eigenvalue weighted by Gasteiger charge is -2.32. The van der Waals surface area contributed by atoms with E-state index in [2.05, 4.69) is 17.0 Å². The van der Waals surface area contributed by atoms with E-state index in [0.717, 1.165) is 35.2 Å².